The molecule has 1 amide bonds. The van der Waals surface area contributed by atoms with E-state index in [0.717, 1.165) is 30.8 Å². The van der Waals surface area contributed by atoms with Crippen LogP contribution in [0.4, 0.5) is 0 Å². The lowest BCUT2D eigenvalue weighted by Crippen LogP contribution is -2.37. The molecule has 0 unspecified atom stereocenters. The summed E-state index contributed by atoms with van der Waals surface area (Å²) in [7, 11) is 0. The molecule has 0 bridgehead atoms. The van der Waals surface area contributed by atoms with Crippen LogP contribution in [0.15, 0.2) is 29.1 Å². The van der Waals surface area contributed by atoms with Gasteiger partial charge in [0.05, 0.1) is 0 Å². The molecule has 1 fully saturated rings. The van der Waals surface area contributed by atoms with Gasteiger partial charge in [0.2, 0.25) is 5.91 Å². The molecule has 27 heavy (non-hydrogen) atoms. The number of aromatic nitrogens is 3. The highest BCUT2D eigenvalue weighted by molar-refractivity contribution is 5.76. The number of H-pyrrole nitrogens is 1. The average Bonchev–Trinajstić information content (AvgIpc) is 2.68. The fraction of sp³-hybridized carbons (Fsp3) is 0.500. The smallest absolute Gasteiger partial charge is 0.273 e. The summed E-state index contributed by atoms with van der Waals surface area (Å²) in [6.07, 6.45) is 4.32. The van der Waals surface area contributed by atoms with Gasteiger partial charge in [-0.05, 0) is 38.9 Å². The fourth-order valence-electron chi connectivity index (χ4n) is 3.30. The summed E-state index contributed by atoms with van der Waals surface area (Å²) in [5.41, 5.74) is 1.90. The zero-order chi connectivity index (χ0) is 19.1. The van der Waals surface area contributed by atoms with Gasteiger partial charge in [-0.2, -0.15) is 0 Å². The zero-order valence-corrected chi connectivity index (χ0v) is 15.8. The van der Waals surface area contributed by atoms with Crippen molar-refractivity contribution in [2.75, 3.05) is 26.2 Å². The molecule has 0 spiro atoms. The van der Waals surface area contributed by atoms with E-state index in [9.17, 15) is 9.59 Å². The van der Waals surface area contributed by atoms with Gasteiger partial charge in [0.25, 0.3) is 5.56 Å². The highest BCUT2D eigenvalue weighted by Crippen LogP contribution is 2.14. The summed E-state index contributed by atoms with van der Waals surface area (Å²) in [6.45, 7) is 5.75. The zero-order valence-electron chi connectivity index (χ0n) is 15.8. The Labute approximate surface area is 159 Å². The quantitative estimate of drug-likeness (QED) is 0.775. The second kappa shape index (κ2) is 9.41. The Hall–Kier alpha value is -2.54. The van der Waals surface area contributed by atoms with Crippen LogP contribution in [0.5, 0.6) is 0 Å². The standard InChI is InChI=1S/C20H27N5O2/c1-15-6-5-7-16(14-15)19-22-20(27)17(23-24-19)8-9-18(26)21-10-13-25-11-3-2-4-12-25/h5-7,14H,2-4,8-13H2,1H3,(H,21,26)(H,22,24,27). The maximum atomic E-state index is 12.2. The molecule has 2 N–H and O–H groups in total. The minimum atomic E-state index is -0.289. The number of nitrogens with one attached hydrogen (secondary N) is 2. The first-order valence-electron chi connectivity index (χ1n) is 9.64. The molecule has 7 nitrogen and oxygen atoms in total. The van der Waals surface area contributed by atoms with E-state index in [4.69, 9.17) is 0 Å². The Bertz CT molecular complexity index is 827. The predicted octanol–water partition coefficient (Wildman–Crippen LogP) is 1.68. The summed E-state index contributed by atoms with van der Waals surface area (Å²) < 4.78 is 0. The van der Waals surface area contributed by atoms with E-state index < -0.39 is 0 Å². The maximum Gasteiger partial charge on any atom is 0.273 e. The van der Waals surface area contributed by atoms with Crippen molar-refractivity contribution < 1.29 is 4.79 Å². The van der Waals surface area contributed by atoms with Crippen molar-refractivity contribution in [3.63, 3.8) is 0 Å². The molecule has 1 aliphatic rings. The van der Waals surface area contributed by atoms with Crippen molar-refractivity contribution in [2.45, 2.75) is 39.0 Å². The summed E-state index contributed by atoms with van der Waals surface area (Å²) in [6, 6.07) is 7.71. The Kier molecular flexibility index (Phi) is 6.70. The first-order valence-corrected chi connectivity index (χ1v) is 9.64. The number of benzene rings is 1. The molecular weight excluding hydrogens is 342 g/mol. The largest absolute Gasteiger partial charge is 0.355 e. The summed E-state index contributed by atoms with van der Waals surface area (Å²) in [4.78, 5) is 29.4. The van der Waals surface area contributed by atoms with Crippen LogP contribution in [0.25, 0.3) is 11.4 Å². The third-order valence-electron chi connectivity index (χ3n) is 4.84. The van der Waals surface area contributed by atoms with Gasteiger partial charge in [-0.25, -0.2) is 0 Å². The topological polar surface area (TPSA) is 91.0 Å². The number of aromatic amines is 1. The van der Waals surface area contributed by atoms with E-state index in [1.165, 1.54) is 19.3 Å². The second-order valence-corrected chi connectivity index (χ2v) is 7.07. The minimum Gasteiger partial charge on any atom is -0.355 e. The van der Waals surface area contributed by atoms with Crippen LogP contribution in [0.2, 0.25) is 0 Å². The Balaban J connectivity index is 1.47. The first kappa shape index (κ1) is 19.2. The molecule has 1 aliphatic heterocycles. The third-order valence-corrected chi connectivity index (χ3v) is 4.84. The highest BCUT2D eigenvalue weighted by Gasteiger charge is 2.11. The number of hydrogen-bond donors (Lipinski definition) is 2. The van der Waals surface area contributed by atoms with Gasteiger partial charge in [-0.3, -0.25) is 9.59 Å². The lowest BCUT2D eigenvalue weighted by Gasteiger charge is -2.26. The average molecular weight is 369 g/mol. The third kappa shape index (κ3) is 5.72. The Morgan fingerprint density at radius 2 is 2.04 bits per heavy atom. The lowest BCUT2D eigenvalue weighted by atomic mass is 10.1. The van der Waals surface area contributed by atoms with Gasteiger partial charge in [0, 0.05) is 31.5 Å². The number of piperidine rings is 1. The molecule has 1 saturated heterocycles. The second-order valence-electron chi connectivity index (χ2n) is 7.07. The number of carbonyl (C=O) groups excluding carboxylic acids is 1. The summed E-state index contributed by atoms with van der Waals surface area (Å²) in [5.74, 6) is 0.384. The number of hydrogen-bond acceptors (Lipinski definition) is 5. The Morgan fingerprint density at radius 1 is 1.22 bits per heavy atom. The van der Waals surface area contributed by atoms with Crippen molar-refractivity contribution in [1.82, 2.24) is 25.4 Å². The minimum absolute atomic E-state index is 0.0593. The van der Waals surface area contributed by atoms with Crippen LogP contribution in [-0.4, -0.2) is 52.2 Å². The van der Waals surface area contributed by atoms with E-state index >= 15 is 0 Å². The number of aryl methyl sites for hydroxylation is 2. The molecule has 1 aromatic heterocycles. The molecule has 0 saturated carbocycles. The number of amides is 1. The van der Waals surface area contributed by atoms with Crippen LogP contribution in [0.1, 0.15) is 36.9 Å². The number of nitrogens with zero attached hydrogens (tertiary/aromatic N) is 3. The van der Waals surface area contributed by atoms with Crippen LogP contribution in [0.3, 0.4) is 0 Å². The molecular formula is C20H27N5O2. The molecule has 0 radical (unpaired) electrons. The molecule has 2 aromatic rings. The molecule has 3 rings (SSSR count). The van der Waals surface area contributed by atoms with Gasteiger partial charge in [0.15, 0.2) is 5.82 Å². The monoisotopic (exact) mass is 369 g/mol. The maximum absolute atomic E-state index is 12.2. The van der Waals surface area contributed by atoms with Crippen molar-refractivity contribution in [3.8, 4) is 11.4 Å². The predicted molar refractivity (Wildman–Crippen MR) is 104 cm³/mol. The van der Waals surface area contributed by atoms with E-state index in [2.05, 4.69) is 25.4 Å². The van der Waals surface area contributed by atoms with E-state index in [1.54, 1.807) is 0 Å². The Morgan fingerprint density at radius 3 is 2.78 bits per heavy atom. The van der Waals surface area contributed by atoms with E-state index in [0.29, 0.717) is 12.4 Å². The van der Waals surface area contributed by atoms with Crippen LogP contribution in [0, 0.1) is 6.92 Å². The lowest BCUT2D eigenvalue weighted by molar-refractivity contribution is -0.121. The molecule has 0 aliphatic carbocycles. The number of rotatable bonds is 7. The first-order chi connectivity index (χ1) is 13.1. The van der Waals surface area contributed by atoms with Crippen LogP contribution in [-0.2, 0) is 11.2 Å². The fourth-order valence-corrected chi connectivity index (χ4v) is 3.30. The van der Waals surface area contributed by atoms with Gasteiger partial charge in [-0.1, -0.05) is 30.2 Å². The van der Waals surface area contributed by atoms with Crippen LogP contribution >= 0.6 is 0 Å². The molecule has 1 aromatic carbocycles. The van der Waals surface area contributed by atoms with Gasteiger partial charge in [0.1, 0.15) is 5.69 Å². The highest BCUT2D eigenvalue weighted by atomic mass is 16.1. The SMILES string of the molecule is Cc1cccc(-c2nnc(CCC(=O)NCCN3CCCCC3)c(=O)[nH]2)c1. The van der Waals surface area contributed by atoms with E-state index in [1.807, 2.05) is 31.2 Å². The van der Waals surface area contributed by atoms with Crippen molar-refractivity contribution >= 4 is 5.91 Å². The normalized spacial score (nSPS) is 14.9. The molecule has 2 heterocycles. The van der Waals surface area contributed by atoms with Crippen molar-refractivity contribution in [3.05, 3.63) is 45.9 Å². The van der Waals surface area contributed by atoms with Gasteiger partial charge in [-0.15, -0.1) is 10.2 Å². The molecule has 144 valence electrons. The number of carbonyl (C=O) groups is 1. The van der Waals surface area contributed by atoms with Crippen LogP contribution < -0.4 is 10.9 Å². The van der Waals surface area contributed by atoms with E-state index in [-0.39, 0.29) is 30.0 Å². The van der Waals surface area contributed by atoms with Crippen molar-refractivity contribution in [1.29, 1.82) is 0 Å². The van der Waals surface area contributed by atoms with Gasteiger partial charge < -0.3 is 15.2 Å². The summed E-state index contributed by atoms with van der Waals surface area (Å²) in [5, 5.41) is 11.1. The summed E-state index contributed by atoms with van der Waals surface area (Å²) >= 11 is 0. The molecule has 7 heteroatoms. The molecule has 0 atom stereocenters. The van der Waals surface area contributed by atoms with Gasteiger partial charge >= 0.3 is 0 Å². The van der Waals surface area contributed by atoms with Crippen molar-refractivity contribution in [2.24, 2.45) is 0 Å². The number of likely N-dealkylation sites (tertiary alicyclic amines) is 1.